The fourth-order valence-electron chi connectivity index (χ4n) is 6.63. The molecular weight excluding hydrogens is 878 g/mol. The van der Waals surface area contributed by atoms with E-state index in [2.05, 4.69) is 31.9 Å². The summed E-state index contributed by atoms with van der Waals surface area (Å²) in [5, 5.41) is 93.7. The van der Waals surface area contributed by atoms with Crippen LogP contribution in [-0.2, 0) is 62.1 Å². The molecule has 0 spiro atoms. The number of nitrogens with two attached hydrogens (primary N) is 1. The quantitative estimate of drug-likeness (QED) is 0.0404. The number of hydrogen-bond donors (Lipinski definition) is 15. The number of carbonyl (C=O) groups excluding carboxylic acids is 6. The molecule has 0 aromatic carbocycles. The monoisotopic (exact) mass is 939 g/mol. The standard InChI is InChI=1S/C37H61N7O21/c1-13(30(53)43-20(9-10-23(49)50)33(56)44-19(8-6-7-18(38)35(59)60)32(55)40-14(2)34(57)58)39-31(54)15(3)62-29-25(42-17(5)48)36(61)63-22(12-46)28(29)65-37-24(41-16(4)47)27(52)26(51)21(11-45)64-37/h13-15,18-22,24-29,36-37,45-46,51-52,61H,6-12,38H2,1-5H3,(H,39,54)(H,40,55)(H,41,47)(H,42,48)(H,43,53)(H,44,56)(H,49,50)(H,57,58)(H,59,60)/t13-,14+,15+,18+,19-,20+,21+,22+,24+,25+,26+,27+,28+,29+,36+,37-/m0/s1. The van der Waals surface area contributed by atoms with E-state index in [1.54, 1.807) is 0 Å². The topological polar surface area (TPSA) is 451 Å². The van der Waals surface area contributed by atoms with Gasteiger partial charge in [0.15, 0.2) is 12.6 Å². The van der Waals surface area contributed by atoms with Crippen LogP contribution in [0.4, 0.5) is 0 Å². The van der Waals surface area contributed by atoms with Gasteiger partial charge >= 0.3 is 17.9 Å². The summed E-state index contributed by atoms with van der Waals surface area (Å²) < 4.78 is 23.1. The number of aliphatic carboxylic acids is 3. The lowest BCUT2D eigenvalue weighted by Crippen LogP contribution is -2.70. The number of nitrogens with one attached hydrogen (secondary N) is 6. The van der Waals surface area contributed by atoms with Crippen molar-refractivity contribution in [2.75, 3.05) is 13.2 Å². The zero-order chi connectivity index (χ0) is 49.5. The predicted molar refractivity (Wildman–Crippen MR) is 213 cm³/mol. The number of rotatable bonds is 25. The number of carboxylic acid groups (broad SMARTS) is 3. The van der Waals surface area contributed by atoms with E-state index >= 15 is 0 Å². The van der Waals surface area contributed by atoms with E-state index in [0.717, 1.165) is 27.7 Å². The zero-order valence-corrected chi connectivity index (χ0v) is 36.1. The minimum Gasteiger partial charge on any atom is -0.481 e. The lowest BCUT2D eigenvalue weighted by atomic mass is 9.94. The van der Waals surface area contributed by atoms with Crippen molar-refractivity contribution < 1.29 is 103 Å². The average molecular weight is 940 g/mol. The number of aliphatic hydroxyl groups is 5. The number of amides is 6. The Morgan fingerprint density at radius 2 is 1.17 bits per heavy atom. The Labute approximate surface area is 371 Å². The first kappa shape index (κ1) is 56.0. The lowest BCUT2D eigenvalue weighted by molar-refractivity contribution is -0.333. The van der Waals surface area contributed by atoms with Crippen molar-refractivity contribution in [1.29, 1.82) is 0 Å². The van der Waals surface area contributed by atoms with Crippen LogP contribution in [0, 0.1) is 0 Å². The number of ether oxygens (including phenoxy) is 4. The minimum atomic E-state index is -1.92. The molecule has 2 aliphatic rings. The molecule has 65 heavy (non-hydrogen) atoms. The van der Waals surface area contributed by atoms with Gasteiger partial charge in [-0.2, -0.15) is 0 Å². The molecule has 16 atom stereocenters. The third-order valence-corrected chi connectivity index (χ3v) is 10.2. The van der Waals surface area contributed by atoms with Crippen molar-refractivity contribution in [1.82, 2.24) is 31.9 Å². The highest BCUT2D eigenvalue weighted by Crippen LogP contribution is 2.31. The highest BCUT2D eigenvalue weighted by molar-refractivity contribution is 5.95. The molecule has 370 valence electrons. The molecule has 0 bridgehead atoms. The molecule has 16 N–H and O–H groups in total. The maximum absolute atomic E-state index is 13.6. The second kappa shape index (κ2) is 26.1. The molecule has 2 heterocycles. The molecule has 2 aliphatic heterocycles. The summed E-state index contributed by atoms with van der Waals surface area (Å²) in [6.45, 7) is 3.85. The van der Waals surface area contributed by atoms with Gasteiger partial charge in [-0.25, -0.2) is 0 Å². The van der Waals surface area contributed by atoms with E-state index < -0.39 is 177 Å². The van der Waals surface area contributed by atoms with Crippen LogP contribution in [0.15, 0.2) is 0 Å². The minimum absolute atomic E-state index is 0.0575. The van der Waals surface area contributed by atoms with E-state index in [-0.39, 0.29) is 19.3 Å². The first-order valence-corrected chi connectivity index (χ1v) is 20.4. The fourth-order valence-corrected chi connectivity index (χ4v) is 6.63. The first-order valence-electron chi connectivity index (χ1n) is 20.4. The maximum Gasteiger partial charge on any atom is 0.325 e. The summed E-state index contributed by atoms with van der Waals surface area (Å²) >= 11 is 0. The van der Waals surface area contributed by atoms with Gasteiger partial charge in [-0.15, -0.1) is 0 Å². The number of hydrogen-bond acceptors (Lipinski definition) is 19. The number of aliphatic hydroxyl groups excluding tert-OH is 5. The highest BCUT2D eigenvalue weighted by Gasteiger charge is 2.53. The molecule has 0 radical (unpaired) electrons. The Morgan fingerprint density at radius 3 is 1.71 bits per heavy atom. The van der Waals surface area contributed by atoms with Gasteiger partial charge in [-0.1, -0.05) is 0 Å². The SMILES string of the molecule is CC(=O)N[C@@H]1[C@@H](O[C@H](C)C(=O)N[C@@H](C)C(=O)N[C@H](CCC(=O)O)C(=O)N[C@@H](CCC[C@@H](N)C(=O)O)C(=O)N[C@H](C)C(=O)O)[C@H](O[C@@H]2O[C@H](CO)[C@@H](O)[C@H](O)[C@H]2NC(C)=O)[C@@H](CO)O[C@H]1O. The smallest absolute Gasteiger partial charge is 0.325 e. The van der Waals surface area contributed by atoms with Crippen molar-refractivity contribution in [3.8, 4) is 0 Å². The predicted octanol–water partition coefficient (Wildman–Crippen LogP) is -7.19. The summed E-state index contributed by atoms with van der Waals surface area (Å²) in [4.78, 5) is 112. The maximum atomic E-state index is 13.6. The van der Waals surface area contributed by atoms with Crippen molar-refractivity contribution in [2.24, 2.45) is 5.73 Å². The number of carbonyl (C=O) groups is 9. The third-order valence-electron chi connectivity index (χ3n) is 10.2. The Hall–Kier alpha value is -5.17. The second-order valence-corrected chi connectivity index (χ2v) is 15.5. The Kier molecular flexibility index (Phi) is 22.5. The van der Waals surface area contributed by atoms with Crippen molar-refractivity contribution in [3.63, 3.8) is 0 Å². The van der Waals surface area contributed by atoms with Gasteiger partial charge in [0, 0.05) is 20.3 Å². The Morgan fingerprint density at radius 1 is 0.631 bits per heavy atom. The average Bonchev–Trinajstić information content (AvgIpc) is 3.22. The van der Waals surface area contributed by atoms with Gasteiger partial charge in [0.1, 0.15) is 85.0 Å². The van der Waals surface area contributed by atoms with Crippen LogP contribution >= 0.6 is 0 Å². The van der Waals surface area contributed by atoms with Crippen LogP contribution in [0.5, 0.6) is 0 Å². The second-order valence-electron chi connectivity index (χ2n) is 15.5. The van der Waals surface area contributed by atoms with E-state index in [1.165, 1.54) is 6.92 Å². The summed E-state index contributed by atoms with van der Waals surface area (Å²) in [5.41, 5.74) is 5.53. The lowest BCUT2D eigenvalue weighted by Gasteiger charge is -2.48. The molecule has 2 saturated heterocycles. The molecular formula is C37H61N7O21. The molecule has 0 saturated carbocycles. The summed E-state index contributed by atoms with van der Waals surface area (Å²) in [7, 11) is 0. The molecule has 6 amide bonds. The molecule has 2 rings (SSSR count). The molecule has 0 aliphatic carbocycles. The summed E-state index contributed by atoms with van der Waals surface area (Å²) in [5.74, 6) is -9.85. The van der Waals surface area contributed by atoms with Gasteiger partial charge in [0.2, 0.25) is 35.4 Å². The van der Waals surface area contributed by atoms with E-state index in [1.807, 2.05) is 0 Å². The van der Waals surface area contributed by atoms with Crippen LogP contribution in [0.2, 0.25) is 0 Å². The van der Waals surface area contributed by atoms with Gasteiger partial charge in [-0.3, -0.25) is 43.2 Å². The van der Waals surface area contributed by atoms with Gasteiger partial charge in [-0.05, 0) is 46.5 Å². The fraction of sp³-hybridized carbons (Fsp3) is 0.757. The Balaban J connectivity index is 2.35. The van der Waals surface area contributed by atoms with Crippen LogP contribution in [0.3, 0.4) is 0 Å². The Bertz CT molecular complexity index is 1690. The van der Waals surface area contributed by atoms with Crippen LogP contribution < -0.4 is 37.6 Å². The van der Waals surface area contributed by atoms with E-state index in [0.29, 0.717) is 0 Å². The number of carboxylic acids is 3. The normalized spacial score (nSPS) is 28.1. The summed E-state index contributed by atoms with van der Waals surface area (Å²) in [6, 6.07) is -10.6. The van der Waals surface area contributed by atoms with Crippen LogP contribution in [0.1, 0.15) is 66.7 Å². The van der Waals surface area contributed by atoms with Gasteiger partial charge < -0.3 is 97.4 Å². The molecule has 0 unspecified atom stereocenters. The van der Waals surface area contributed by atoms with E-state index in [4.69, 9.17) is 29.8 Å². The highest BCUT2D eigenvalue weighted by atomic mass is 16.7. The van der Waals surface area contributed by atoms with Crippen molar-refractivity contribution in [2.45, 2.75) is 164 Å². The molecule has 2 fully saturated rings. The molecule has 28 nitrogen and oxygen atoms in total. The largest absolute Gasteiger partial charge is 0.481 e. The zero-order valence-electron chi connectivity index (χ0n) is 36.1. The van der Waals surface area contributed by atoms with E-state index in [9.17, 15) is 78.9 Å². The van der Waals surface area contributed by atoms with Gasteiger partial charge in [0.25, 0.3) is 0 Å². The molecule has 0 aromatic heterocycles. The van der Waals surface area contributed by atoms with Crippen LogP contribution in [0.25, 0.3) is 0 Å². The van der Waals surface area contributed by atoms with Crippen LogP contribution in [-0.4, -0.2) is 205 Å². The molecule has 0 aromatic rings. The third kappa shape index (κ3) is 17.0. The summed E-state index contributed by atoms with van der Waals surface area (Å²) in [6.07, 6.45) is -16.8. The first-order chi connectivity index (χ1) is 30.3. The van der Waals surface area contributed by atoms with Gasteiger partial charge in [0.05, 0.1) is 13.2 Å². The van der Waals surface area contributed by atoms with Crippen molar-refractivity contribution in [3.05, 3.63) is 0 Å². The molecule has 28 heteroatoms. The van der Waals surface area contributed by atoms with Crippen molar-refractivity contribution >= 4 is 53.4 Å².